The standard InChI is InChI=1S/C17H19N3O4/c1-17(8-23-12-24-9-17)16(21)15(20-11-18-10-19-20)7-13-3-5-14(22-2)6-4-13/h3-7,10-11H,8-9,12H2,1-2H3. The molecule has 7 heteroatoms. The number of aromatic nitrogens is 3. The lowest BCUT2D eigenvalue weighted by Gasteiger charge is -2.32. The van der Waals surface area contributed by atoms with Crippen molar-refractivity contribution in [2.45, 2.75) is 6.92 Å². The van der Waals surface area contributed by atoms with Crippen LogP contribution in [-0.4, -0.2) is 47.7 Å². The maximum atomic E-state index is 13.1. The number of hydrogen-bond donors (Lipinski definition) is 0. The van der Waals surface area contributed by atoms with Crippen molar-refractivity contribution < 1.29 is 19.0 Å². The summed E-state index contributed by atoms with van der Waals surface area (Å²) < 4.78 is 17.3. The molecule has 0 amide bonds. The molecule has 0 spiro atoms. The summed E-state index contributed by atoms with van der Waals surface area (Å²) in [5, 5.41) is 4.10. The second-order valence-electron chi connectivity index (χ2n) is 5.85. The van der Waals surface area contributed by atoms with Crippen molar-refractivity contribution in [3.8, 4) is 5.75 Å². The van der Waals surface area contributed by atoms with Gasteiger partial charge in [0.15, 0.2) is 5.78 Å². The fraction of sp³-hybridized carbons (Fsp3) is 0.353. The highest BCUT2D eigenvalue weighted by Gasteiger charge is 2.39. The predicted molar refractivity (Wildman–Crippen MR) is 87.1 cm³/mol. The third kappa shape index (κ3) is 3.37. The highest BCUT2D eigenvalue weighted by Crippen LogP contribution is 2.29. The van der Waals surface area contributed by atoms with Gasteiger partial charge in [0.25, 0.3) is 0 Å². The van der Waals surface area contributed by atoms with Crippen molar-refractivity contribution in [3.63, 3.8) is 0 Å². The van der Waals surface area contributed by atoms with Crippen molar-refractivity contribution in [2.75, 3.05) is 27.1 Å². The summed E-state index contributed by atoms with van der Waals surface area (Å²) in [4.78, 5) is 17.0. The average Bonchev–Trinajstić information content (AvgIpc) is 3.14. The Morgan fingerprint density at radius 3 is 2.58 bits per heavy atom. The van der Waals surface area contributed by atoms with Gasteiger partial charge in [-0.25, -0.2) is 9.67 Å². The third-order valence-electron chi connectivity index (χ3n) is 3.87. The Labute approximate surface area is 139 Å². The van der Waals surface area contributed by atoms with Gasteiger partial charge in [0.1, 0.15) is 30.9 Å². The number of methoxy groups -OCH3 is 1. The maximum Gasteiger partial charge on any atom is 0.191 e. The van der Waals surface area contributed by atoms with Crippen molar-refractivity contribution in [1.29, 1.82) is 0 Å². The van der Waals surface area contributed by atoms with Crippen LogP contribution in [0.5, 0.6) is 5.75 Å². The molecule has 2 aromatic rings. The summed E-state index contributed by atoms with van der Waals surface area (Å²) in [5.41, 5.74) is 0.507. The van der Waals surface area contributed by atoms with Gasteiger partial charge in [-0.3, -0.25) is 4.79 Å². The smallest absolute Gasteiger partial charge is 0.191 e. The molecule has 0 unspecified atom stereocenters. The van der Waals surface area contributed by atoms with E-state index in [0.29, 0.717) is 18.9 Å². The van der Waals surface area contributed by atoms with E-state index >= 15 is 0 Å². The van der Waals surface area contributed by atoms with Crippen LogP contribution in [0.1, 0.15) is 12.5 Å². The lowest BCUT2D eigenvalue weighted by molar-refractivity contribution is -0.168. The quantitative estimate of drug-likeness (QED) is 0.780. The van der Waals surface area contributed by atoms with Crippen molar-refractivity contribution >= 4 is 17.6 Å². The molecule has 0 saturated carbocycles. The Bertz CT molecular complexity index is 717. The maximum absolute atomic E-state index is 13.1. The lowest BCUT2D eigenvalue weighted by Crippen LogP contribution is -2.42. The van der Waals surface area contributed by atoms with E-state index in [-0.39, 0.29) is 12.6 Å². The molecular formula is C17H19N3O4. The van der Waals surface area contributed by atoms with Gasteiger partial charge in [-0.05, 0) is 30.7 Å². The number of hydrogen-bond acceptors (Lipinski definition) is 6. The topological polar surface area (TPSA) is 75.5 Å². The number of ether oxygens (including phenoxy) is 3. The molecule has 0 N–H and O–H groups in total. The number of ketones is 1. The first kappa shape index (κ1) is 16.4. The van der Waals surface area contributed by atoms with Crippen LogP contribution in [0, 0.1) is 5.41 Å². The number of carbonyl (C=O) groups is 1. The Morgan fingerprint density at radius 1 is 1.29 bits per heavy atom. The van der Waals surface area contributed by atoms with Crippen LogP contribution in [0.25, 0.3) is 11.8 Å². The second-order valence-corrected chi connectivity index (χ2v) is 5.85. The number of allylic oxidation sites excluding steroid dienone is 1. The zero-order chi connectivity index (χ0) is 17.0. The van der Waals surface area contributed by atoms with Crippen molar-refractivity contribution in [2.24, 2.45) is 5.41 Å². The SMILES string of the molecule is COc1ccc(C=C(C(=O)C2(C)COCOC2)n2cncn2)cc1. The number of carbonyl (C=O) groups excluding carboxylic acids is 1. The summed E-state index contributed by atoms with van der Waals surface area (Å²) >= 11 is 0. The second kappa shape index (κ2) is 6.94. The molecule has 1 aromatic carbocycles. The first-order valence-corrected chi connectivity index (χ1v) is 7.53. The average molecular weight is 329 g/mol. The minimum atomic E-state index is -0.761. The summed E-state index contributed by atoms with van der Waals surface area (Å²) in [5.74, 6) is 0.644. The predicted octanol–water partition coefficient (Wildman–Crippen LogP) is 1.86. The highest BCUT2D eigenvalue weighted by molar-refractivity contribution is 6.22. The van der Waals surface area contributed by atoms with E-state index in [1.54, 1.807) is 13.2 Å². The fourth-order valence-corrected chi connectivity index (χ4v) is 2.50. The first-order valence-electron chi connectivity index (χ1n) is 7.53. The number of Topliss-reactive ketones (excluding diaryl/α,β-unsaturated/α-hetero) is 1. The molecule has 3 rings (SSSR count). The van der Waals surface area contributed by atoms with E-state index in [1.807, 2.05) is 31.2 Å². The van der Waals surface area contributed by atoms with E-state index in [0.717, 1.165) is 11.3 Å². The lowest BCUT2D eigenvalue weighted by atomic mass is 9.85. The molecule has 0 atom stereocenters. The Hall–Kier alpha value is -2.51. The molecule has 0 bridgehead atoms. The molecule has 126 valence electrons. The van der Waals surface area contributed by atoms with Gasteiger partial charge in [0, 0.05) is 0 Å². The molecule has 2 heterocycles. The molecule has 1 fully saturated rings. The zero-order valence-corrected chi connectivity index (χ0v) is 13.6. The van der Waals surface area contributed by atoms with Crippen LogP contribution >= 0.6 is 0 Å². The molecular weight excluding hydrogens is 310 g/mol. The minimum absolute atomic E-state index is 0.108. The van der Waals surface area contributed by atoms with Crippen LogP contribution in [0.4, 0.5) is 0 Å². The number of rotatable bonds is 5. The fourth-order valence-electron chi connectivity index (χ4n) is 2.50. The number of nitrogens with zero attached hydrogens (tertiary/aromatic N) is 3. The normalized spacial score (nSPS) is 17.5. The molecule has 0 aliphatic carbocycles. The van der Waals surface area contributed by atoms with Crippen LogP contribution in [0.2, 0.25) is 0 Å². The summed E-state index contributed by atoms with van der Waals surface area (Å²) in [6.07, 6.45) is 4.67. The molecule has 24 heavy (non-hydrogen) atoms. The first-order chi connectivity index (χ1) is 11.6. The van der Waals surface area contributed by atoms with Crippen LogP contribution in [-0.2, 0) is 14.3 Å². The van der Waals surface area contributed by atoms with Gasteiger partial charge < -0.3 is 14.2 Å². The molecule has 7 nitrogen and oxygen atoms in total. The van der Waals surface area contributed by atoms with Gasteiger partial charge in [0.2, 0.25) is 0 Å². The van der Waals surface area contributed by atoms with Gasteiger partial charge in [-0.2, -0.15) is 5.10 Å². The highest BCUT2D eigenvalue weighted by atomic mass is 16.7. The molecule has 1 aromatic heterocycles. The summed E-state index contributed by atoms with van der Waals surface area (Å²) in [7, 11) is 1.61. The van der Waals surface area contributed by atoms with Gasteiger partial charge in [-0.1, -0.05) is 12.1 Å². The largest absolute Gasteiger partial charge is 0.497 e. The van der Waals surface area contributed by atoms with Crippen LogP contribution in [0.3, 0.4) is 0 Å². The monoisotopic (exact) mass is 329 g/mol. The van der Waals surface area contributed by atoms with Crippen molar-refractivity contribution in [1.82, 2.24) is 14.8 Å². The molecule has 1 aliphatic rings. The summed E-state index contributed by atoms with van der Waals surface area (Å²) in [6, 6.07) is 7.42. The van der Waals surface area contributed by atoms with E-state index in [2.05, 4.69) is 10.1 Å². The van der Waals surface area contributed by atoms with Gasteiger partial charge in [0.05, 0.1) is 25.7 Å². The van der Waals surface area contributed by atoms with Crippen LogP contribution < -0.4 is 4.74 Å². The zero-order valence-electron chi connectivity index (χ0n) is 13.6. The minimum Gasteiger partial charge on any atom is -0.497 e. The third-order valence-corrected chi connectivity index (χ3v) is 3.87. The van der Waals surface area contributed by atoms with Gasteiger partial charge in [-0.15, -0.1) is 0 Å². The van der Waals surface area contributed by atoms with E-state index in [1.165, 1.54) is 17.3 Å². The van der Waals surface area contributed by atoms with E-state index in [9.17, 15) is 4.79 Å². The van der Waals surface area contributed by atoms with E-state index in [4.69, 9.17) is 14.2 Å². The molecule has 0 radical (unpaired) electrons. The molecule has 1 saturated heterocycles. The Morgan fingerprint density at radius 2 is 2.00 bits per heavy atom. The van der Waals surface area contributed by atoms with Gasteiger partial charge >= 0.3 is 0 Å². The number of benzene rings is 1. The summed E-state index contributed by atoms with van der Waals surface area (Å²) in [6.45, 7) is 2.65. The Kier molecular flexibility index (Phi) is 4.73. The van der Waals surface area contributed by atoms with Crippen LogP contribution in [0.15, 0.2) is 36.9 Å². The molecule has 1 aliphatic heterocycles. The van der Waals surface area contributed by atoms with E-state index < -0.39 is 5.41 Å². The van der Waals surface area contributed by atoms with Crippen molar-refractivity contribution in [3.05, 3.63) is 42.5 Å². The Balaban J connectivity index is 1.97.